The van der Waals surface area contributed by atoms with Crippen LogP contribution in [0.3, 0.4) is 0 Å². The number of likely N-dealkylation sites (N-methyl/N-ethyl adjacent to an activating group) is 1. The summed E-state index contributed by atoms with van der Waals surface area (Å²) in [5.41, 5.74) is 3.27. The molecule has 2 aromatic carbocycles. The number of fused-ring (bicyclic) bond motifs is 1. The fourth-order valence-corrected chi connectivity index (χ4v) is 4.11. The fourth-order valence-electron chi connectivity index (χ4n) is 3.08. The van der Waals surface area contributed by atoms with Gasteiger partial charge in [0, 0.05) is 18.3 Å². The second-order valence-electron chi connectivity index (χ2n) is 6.63. The number of carbonyl (C=O) groups is 1. The molecule has 3 aromatic rings. The standard InChI is InChI=1S/C19H18N4O4S/c1-12-4-3-5-13(8-12)19-21-17(27-22-19)11-20-28(25,26)15-6-7-16-14(9-15)10-18(24)23(16)2/h3-9,20H,10-11H2,1-2H3. The first-order valence-corrected chi connectivity index (χ1v) is 10.1. The van der Waals surface area contributed by atoms with Gasteiger partial charge in [0.05, 0.1) is 17.9 Å². The summed E-state index contributed by atoms with van der Waals surface area (Å²) < 4.78 is 32.8. The highest BCUT2D eigenvalue weighted by Gasteiger charge is 2.26. The second-order valence-corrected chi connectivity index (χ2v) is 8.39. The van der Waals surface area contributed by atoms with E-state index in [2.05, 4.69) is 14.9 Å². The molecule has 0 aliphatic carbocycles. The van der Waals surface area contributed by atoms with E-state index in [1.54, 1.807) is 13.1 Å². The summed E-state index contributed by atoms with van der Waals surface area (Å²) in [5.74, 6) is 0.500. The van der Waals surface area contributed by atoms with Crippen molar-refractivity contribution >= 4 is 21.6 Å². The van der Waals surface area contributed by atoms with Gasteiger partial charge < -0.3 is 9.42 Å². The van der Waals surface area contributed by atoms with Crippen molar-refractivity contribution in [2.45, 2.75) is 24.8 Å². The number of sulfonamides is 1. The molecular weight excluding hydrogens is 380 g/mol. The largest absolute Gasteiger partial charge is 0.338 e. The Labute approximate surface area is 162 Å². The van der Waals surface area contributed by atoms with Crippen LogP contribution in [0.5, 0.6) is 0 Å². The van der Waals surface area contributed by atoms with Gasteiger partial charge in [0.2, 0.25) is 27.6 Å². The predicted octanol–water partition coefficient (Wildman–Crippen LogP) is 2.04. The molecule has 0 saturated heterocycles. The van der Waals surface area contributed by atoms with Gasteiger partial charge in [0.15, 0.2) is 0 Å². The lowest BCUT2D eigenvalue weighted by Crippen LogP contribution is -2.23. The van der Waals surface area contributed by atoms with E-state index in [1.807, 2.05) is 31.2 Å². The van der Waals surface area contributed by atoms with Crippen LogP contribution in [0.4, 0.5) is 5.69 Å². The van der Waals surface area contributed by atoms with Crippen molar-refractivity contribution in [3.05, 3.63) is 59.5 Å². The van der Waals surface area contributed by atoms with Gasteiger partial charge in [0.1, 0.15) is 0 Å². The molecule has 1 aliphatic rings. The van der Waals surface area contributed by atoms with Crippen LogP contribution in [0.2, 0.25) is 0 Å². The summed E-state index contributed by atoms with van der Waals surface area (Å²) in [4.78, 5) is 17.6. The molecule has 0 fully saturated rings. The molecule has 1 N–H and O–H groups in total. The molecule has 0 unspecified atom stereocenters. The Balaban J connectivity index is 1.49. The van der Waals surface area contributed by atoms with E-state index in [1.165, 1.54) is 17.0 Å². The molecule has 0 radical (unpaired) electrons. The fraction of sp³-hybridized carbons (Fsp3) is 0.211. The van der Waals surface area contributed by atoms with Crippen molar-refractivity contribution in [2.24, 2.45) is 0 Å². The Morgan fingerprint density at radius 3 is 2.82 bits per heavy atom. The number of hydrogen-bond acceptors (Lipinski definition) is 6. The number of hydrogen-bond donors (Lipinski definition) is 1. The van der Waals surface area contributed by atoms with E-state index in [0.29, 0.717) is 11.4 Å². The minimum absolute atomic E-state index is 0.0629. The zero-order valence-corrected chi connectivity index (χ0v) is 16.2. The van der Waals surface area contributed by atoms with Gasteiger partial charge in [0.25, 0.3) is 0 Å². The van der Waals surface area contributed by atoms with Crippen molar-refractivity contribution in [1.29, 1.82) is 0 Å². The lowest BCUT2D eigenvalue weighted by molar-refractivity contribution is -0.117. The normalized spacial score (nSPS) is 13.8. The minimum Gasteiger partial charge on any atom is -0.338 e. The van der Waals surface area contributed by atoms with Crippen molar-refractivity contribution in [3.8, 4) is 11.4 Å². The average Bonchev–Trinajstić information content (AvgIpc) is 3.25. The van der Waals surface area contributed by atoms with Gasteiger partial charge in [-0.1, -0.05) is 28.9 Å². The molecule has 144 valence electrons. The van der Waals surface area contributed by atoms with Gasteiger partial charge in [-0.2, -0.15) is 4.98 Å². The first-order valence-electron chi connectivity index (χ1n) is 8.62. The van der Waals surface area contributed by atoms with Gasteiger partial charge in [-0.15, -0.1) is 0 Å². The van der Waals surface area contributed by atoms with Crippen molar-refractivity contribution in [2.75, 3.05) is 11.9 Å². The Kier molecular flexibility index (Phi) is 4.48. The molecule has 1 aliphatic heterocycles. The Morgan fingerprint density at radius 2 is 2.04 bits per heavy atom. The highest BCUT2D eigenvalue weighted by atomic mass is 32.2. The molecule has 1 aromatic heterocycles. The molecule has 9 heteroatoms. The third kappa shape index (κ3) is 3.41. The molecular formula is C19H18N4O4S. The molecule has 0 saturated carbocycles. The highest BCUT2D eigenvalue weighted by molar-refractivity contribution is 7.89. The maximum Gasteiger partial charge on any atom is 0.242 e. The van der Waals surface area contributed by atoms with E-state index >= 15 is 0 Å². The second kappa shape index (κ2) is 6.84. The minimum atomic E-state index is -3.78. The van der Waals surface area contributed by atoms with Crippen LogP contribution in [0.1, 0.15) is 17.0 Å². The predicted molar refractivity (Wildman–Crippen MR) is 102 cm³/mol. The summed E-state index contributed by atoms with van der Waals surface area (Å²) in [5, 5.41) is 3.90. The van der Waals surface area contributed by atoms with Crippen molar-refractivity contribution < 1.29 is 17.7 Å². The highest BCUT2D eigenvalue weighted by Crippen LogP contribution is 2.29. The van der Waals surface area contributed by atoms with E-state index in [0.717, 1.165) is 16.8 Å². The zero-order valence-electron chi connectivity index (χ0n) is 15.3. The smallest absolute Gasteiger partial charge is 0.242 e. The topological polar surface area (TPSA) is 105 Å². The summed E-state index contributed by atoms with van der Waals surface area (Å²) in [6.07, 6.45) is 0.193. The van der Waals surface area contributed by atoms with E-state index < -0.39 is 10.0 Å². The Morgan fingerprint density at radius 1 is 1.21 bits per heavy atom. The van der Waals surface area contributed by atoms with Crippen LogP contribution in [0.25, 0.3) is 11.4 Å². The Bertz CT molecular complexity index is 1170. The monoisotopic (exact) mass is 398 g/mol. The van der Waals surface area contributed by atoms with E-state index in [4.69, 9.17) is 4.52 Å². The molecule has 0 atom stereocenters. The third-order valence-corrected chi connectivity index (χ3v) is 6.00. The molecule has 8 nitrogen and oxygen atoms in total. The molecule has 1 amide bonds. The third-order valence-electron chi connectivity index (χ3n) is 4.60. The van der Waals surface area contributed by atoms with E-state index in [-0.39, 0.29) is 29.7 Å². The number of aryl methyl sites for hydroxylation is 1. The number of aromatic nitrogens is 2. The maximum absolute atomic E-state index is 12.6. The Hall–Kier alpha value is -3.04. The van der Waals surface area contributed by atoms with Crippen molar-refractivity contribution in [1.82, 2.24) is 14.9 Å². The average molecular weight is 398 g/mol. The summed E-state index contributed by atoms with van der Waals surface area (Å²) in [6, 6.07) is 12.3. The van der Waals surface area contributed by atoms with Gasteiger partial charge >= 0.3 is 0 Å². The molecule has 0 bridgehead atoms. The first-order chi connectivity index (χ1) is 13.3. The lowest BCUT2D eigenvalue weighted by atomic mass is 10.1. The van der Waals surface area contributed by atoms with Crippen molar-refractivity contribution in [3.63, 3.8) is 0 Å². The van der Waals surface area contributed by atoms with Crippen LogP contribution in [-0.2, 0) is 27.8 Å². The number of carbonyl (C=O) groups excluding carboxylic acids is 1. The zero-order chi connectivity index (χ0) is 19.9. The van der Waals surface area contributed by atoms with E-state index in [9.17, 15) is 13.2 Å². The molecule has 0 spiro atoms. The summed E-state index contributed by atoms with van der Waals surface area (Å²) >= 11 is 0. The number of benzene rings is 2. The number of nitrogens with one attached hydrogen (secondary N) is 1. The van der Waals surface area contributed by atoms with Crippen LogP contribution >= 0.6 is 0 Å². The number of rotatable bonds is 5. The van der Waals surface area contributed by atoms with Gasteiger partial charge in [-0.05, 0) is 36.8 Å². The first kappa shape index (κ1) is 18.3. The van der Waals surface area contributed by atoms with Gasteiger partial charge in [-0.3, -0.25) is 4.79 Å². The van der Waals surface area contributed by atoms with Crippen LogP contribution < -0.4 is 9.62 Å². The van der Waals surface area contributed by atoms with Crippen LogP contribution in [0, 0.1) is 6.92 Å². The maximum atomic E-state index is 12.6. The lowest BCUT2D eigenvalue weighted by Gasteiger charge is -2.11. The van der Waals surface area contributed by atoms with Gasteiger partial charge in [-0.25, -0.2) is 13.1 Å². The number of anilines is 1. The SMILES string of the molecule is Cc1cccc(-c2noc(CNS(=O)(=O)c3ccc4c(c3)CC(=O)N4C)n2)c1. The number of amides is 1. The quantitative estimate of drug-likeness (QED) is 0.705. The summed E-state index contributed by atoms with van der Waals surface area (Å²) in [6.45, 7) is 1.83. The molecule has 2 heterocycles. The van der Waals surface area contributed by atoms with Crippen LogP contribution in [0.15, 0.2) is 51.9 Å². The van der Waals surface area contributed by atoms with Crippen LogP contribution in [-0.4, -0.2) is 31.5 Å². The summed E-state index contributed by atoms with van der Waals surface area (Å²) in [7, 11) is -2.12. The molecule has 4 rings (SSSR count). The molecule has 28 heavy (non-hydrogen) atoms. The number of nitrogens with zero attached hydrogens (tertiary/aromatic N) is 3.